The molecule has 0 unspecified atom stereocenters. The number of fused-ring (bicyclic) bond motifs is 1. The van der Waals surface area contributed by atoms with E-state index >= 15 is 0 Å². The summed E-state index contributed by atoms with van der Waals surface area (Å²) in [6, 6.07) is 16.5. The van der Waals surface area contributed by atoms with Crippen LogP contribution in [0.1, 0.15) is 5.56 Å². The maximum Gasteiger partial charge on any atom is 0.191 e. The maximum atomic E-state index is 6.13. The third kappa shape index (κ3) is 3.27. The number of nitrogens with zero attached hydrogens (tertiary/aromatic N) is 4. The quantitative estimate of drug-likeness (QED) is 0.302. The largest absolute Gasteiger partial charge is 0.290 e. The number of hydrogen-bond acceptors (Lipinski definition) is 4. The van der Waals surface area contributed by atoms with Crippen LogP contribution in [0, 0.1) is 0 Å². The van der Waals surface area contributed by atoms with E-state index in [1.54, 1.807) is 30.4 Å². The van der Waals surface area contributed by atoms with Crippen molar-refractivity contribution >= 4 is 34.1 Å². The van der Waals surface area contributed by atoms with Crippen LogP contribution < -0.4 is 0 Å². The summed E-state index contributed by atoms with van der Waals surface area (Å²) < 4.78 is 1.81. The summed E-state index contributed by atoms with van der Waals surface area (Å²) in [7, 11) is 0. The van der Waals surface area contributed by atoms with Gasteiger partial charge in [-0.15, -0.1) is 0 Å². The van der Waals surface area contributed by atoms with E-state index in [0.29, 0.717) is 16.1 Å². The topological polar surface area (TPSA) is 43.6 Å². The molecule has 4 rings (SSSR count). The summed E-state index contributed by atoms with van der Waals surface area (Å²) in [5.41, 5.74) is 1.23. The van der Waals surface area contributed by atoms with Gasteiger partial charge < -0.3 is 0 Å². The lowest BCUT2D eigenvalue weighted by atomic mass is 10.1. The minimum absolute atomic E-state index is 0.426. The zero-order valence-electron chi connectivity index (χ0n) is 12.6. The van der Waals surface area contributed by atoms with Gasteiger partial charge in [-0.3, -0.25) is 4.57 Å². The second-order valence-corrected chi connectivity index (χ2v) is 6.60. The second kappa shape index (κ2) is 6.63. The molecule has 0 aliphatic rings. The lowest BCUT2D eigenvalue weighted by Gasteiger charge is -2.06. The van der Waals surface area contributed by atoms with E-state index < -0.39 is 0 Å². The molecule has 118 valence electrons. The molecule has 2 aromatic carbocycles. The van der Waals surface area contributed by atoms with Gasteiger partial charge in [0.15, 0.2) is 5.16 Å². The van der Waals surface area contributed by atoms with E-state index in [1.807, 2.05) is 16.8 Å². The van der Waals surface area contributed by atoms with Gasteiger partial charge in [0.1, 0.15) is 17.3 Å². The molecule has 0 aliphatic carbocycles. The minimum Gasteiger partial charge on any atom is -0.290 e. The Kier molecular flexibility index (Phi) is 4.19. The normalized spacial score (nSPS) is 11.0. The fourth-order valence-corrected chi connectivity index (χ4v) is 3.48. The zero-order chi connectivity index (χ0) is 16.4. The first-order valence-corrected chi connectivity index (χ1v) is 8.78. The van der Waals surface area contributed by atoms with Crippen molar-refractivity contribution in [2.45, 2.75) is 10.9 Å². The van der Waals surface area contributed by atoms with Gasteiger partial charge in [0.05, 0.1) is 0 Å². The molecule has 24 heavy (non-hydrogen) atoms. The van der Waals surface area contributed by atoms with Crippen LogP contribution in [-0.2, 0) is 5.75 Å². The number of halogens is 1. The van der Waals surface area contributed by atoms with Crippen LogP contribution in [0.25, 0.3) is 16.6 Å². The molecule has 0 fully saturated rings. The first-order chi connectivity index (χ1) is 11.8. The van der Waals surface area contributed by atoms with Gasteiger partial charge in [0.25, 0.3) is 0 Å². The van der Waals surface area contributed by atoms with Gasteiger partial charge in [-0.25, -0.2) is 15.0 Å². The summed E-state index contributed by atoms with van der Waals surface area (Å²) in [6.45, 7) is 0. The van der Waals surface area contributed by atoms with Crippen molar-refractivity contribution in [2.75, 3.05) is 0 Å². The molecular formula is C18H13ClN4S. The fourth-order valence-electron chi connectivity index (χ4n) is 2.45. The molecule has 0 radical (unpaired) electrons. The minimum atomic E-state index is 0.426. The Morgan fingerprint density at radius 2 is 1.88 bits per heavy atom. The molecule has 0 aliphatic heterocycles. The zero-order valence-corrected chi connectivity index (χ0v) is 14.2. The lowest BCUT2D eigenvalue weighted by molar-refractivity contribution is 0.888. The number of hydrogen-bond donors (Lipinski definition) is 0. The number of aromatic nitrogens is 4. The van der Waals surface area contributed by atoms with Gasteiger partial charge >= 0.3 is 0 Å². The Morgan fingerprint density at radius 3 is 2.71 bits per heavy atom. The first kappa shape index (κ1) is 15.2. The molecule has 0 atom stereocenters. The van der Waals surface area contributed by atoms with Crippen molar-refractivity contribution in [1.82, 2.24) is 19.5 Å². The summed E-state index contributed by atoms with van der Waals surface area (Å²) in [6.07, 6.45) is 5.23. The van der Waals surface area contributed by atoms with Crippen LogP contribution >= 0.6 is 23.4 Å². The van der Waals surface area contributed by atoms with Crippen LogP contribution in [0.5, 0.6) is 0 Å². The van der Waals surface area contributed by atoms with Gasteiger partial charge in [0, 0.05) is 24.2 Å². The average Bonchev–Trinajstić information content (AvgIpc) is 3.14. The number of imidazole rings is 1. The maximum absolute atomic E-state index is 6.13. The van der Waals surface area contributed by atoms with Crippen molar-refractivity contribution in [3.05, 3.63) is 78.0 Å². The highest BCUT2D eigenvalue weighted by Crippen LogP contribution is 2.24. The summed E-state index contributed by atoms with van der Waals surface area (Å²) in [4.78, 5) is 12.9. The highest BCUT2D eigenvalue weighted by molar-refractivity contribution is 7.98. The molecule has 0 spiro atoms. The smallest absolute Gasteiger partial charge is 0.191 e. The van der Waals surface area contributed by atoms with Gasteiger partial charge in [-0.05, 0) is 16.3 Å². The van der Waals surface area contributed by atoms with Crippen molar-refractivity contribution in [3.8, 4) is 5.82 Å². The van der Waals surface area contributed by atoms with Crippen molar-refractivity contribution in [2.24, 2.45) is 0 Å². The molecule has 0 saturated carbocycles. The molecular weight excluding hydrogens is 340 g/mol. The van der Waals surface area contributed by atoms with E-state index in [2.05, 4.69) is 51.4 Å². The van der Waals surface area contributed by atoms with Crippen LogP contribution in [0.3, 0.4) is 0 Å². The summed E-state index contributed by atoms with van der Waals surface area (Å²) >= 11 is 7.70. The molecule has 0 N–H and O–H groups in total. The Hall–Kier alpha value is -2.37. The second-order valence-electron chi connectivity index (χ2n) is 5.27. The summed E-state index contributed by atoms with van der Waals surface area (Å²) in [5, 5.41) is 3.56. The Labute approximate surface area is 148 Å². The van der Waals surface area contributed by atoms with Crippen LogP contribution in [0.2, 0.25) is 5.15 Å². The molecule has 2 heterocycles. The third-order valence-electron chi connectivity index (χ3n) is 3.61. The molecule has 6 heteroatoms. The van der Waals surface area contributed by atoms with Crippen LogP contribution in [0.4, 0.5) is 0 Å². The standard InChI is InChI=1S/C18H13ClN4S/c19-16-10-17(23-8-7-20-12-23)22-18(21-16)24-11-13-5-6-14-3-1-2-4-15(14)9-13/h1-10,12H,11H2. The molecule has 2 aromatic heterocycles. The van der Waals surface area contributed by atoms with E-state index in [0.717, 1.165) is 5.75 Å². The lowest BCUT2D eigenvalue weighted by Crippen LogP contribution is -1.98. The monoisotopic (exact) mass is 352 g/mol. The van der Waals surface area contributed by atoms with E-state index in [1.165, 1.54) is 16.3 Å². The number of benzene rings is 2. The number of thioether (sulfide) groups is 1. The molecule has 0 bridgehead atoms. The highest BCUT2D eigenvalue weighted by Gasteiger charge is 2.06. The molecule has 4 nitrogen and oxygen atoms in total. The van der Waals surface area contributed by atoms with E-state index in [4.69, 9.17) is 11.6 Å². The first-order valence-electron chi connectivity index (χ1n) is 7.41. The Balaban J connectivity index is 1.56. The number of rotatable bonds is 4. The molecule has 0 amide bonds. The van der Waals surface area contributed by atoms with E-state index in [-0.39, 0.29) is 0 Å². The van der Waals surface area contributed by atoms with Crippen molar-refractivity contribution in [1.29, 1.82) is 0 Å². The van der Waals surface area contributed by atoms with Gasteiger partial charge in [-0.2, -0.15) is 0 Å². The molecule has 0 saturated heterocycles. The van der Waals surface area contributed by atoms with Gasteiger partial charge in [0.2, 0.25) is 0 Å². The van der Waals surface area contributed by atoms with Crippen molar-refractivity contribution < 1.29 is 0 Å². The predicted octanol–water partition coefficient (Wildman–Crippen LogP) is 4.76. The van der Waals surface area contributed by atoms with Gasteiger partial charge in [-0.1, -0.05) is 65.8 Å². The Bertz CT molecular complexity index is 985. The van der Waals surface area contributed by atoms with E-state index in [9.17, 15) is 0 Å². The van der Waals surface area contributed by atoms with Crippen molar-refractivity contribution in [3.63, 3.8) is 0 Å². The highest BCUT2D eigenvalue weighted by atomic mass is 35.5. The van der Waals surface area contributed by atoms with Crippen LogP contribution in [0.15, 0.2) is 72.4 Å². The fraction of sp³-hybridized carbons (Fsp3) is 0.0556. The SMILES string of the molecule is Clc1cc(-n2ccnc2)nc(SCc2ccc3ccccc3c2)n1. The average molecular weight is 353 g/mol. The Morgan fingerprint density at radius 1 is 1.00 bits per heavy atom. The predicted molar refractivity (Wildman–Crippen MR) is 97.7 cm³/mol. The summed E-state index contributed by atoms with van der Waals surface area (Å²) in [5.74, 6) is 1.50. The molecule has 4 aromatic rings. The van der Waals surface area contributed by atoms with Crippen LogP contribution in [-0.4, -0.2) is 19.5 Å². The third-order valence-corrected chi connectivity index (χ3v) is 4.72.